The Morgan fingerprint density at radius 2 is 1.84 bits per heavy atom. The molecule has 1 N–H and O–H groups in total. The zero-order valence-electron chi connectivity index (χ0n) is 17.0. The zero-order chi connectivity index (χ0) is 22.1. The summed E-state index contributed by atoms with van der Waals surface area (Å²) in [5, 5.41) is 0. The van der Waals surface area contributed by atoms with E-state index in [1.807, 2.05) is 18.2 Å². The molecule has 0 aromatic heterocycles. The van der Waals surface area contributed by atoms with Crippen LogP contribution in [0.4, 0.5) is 0 Å². The molecule has 0 spiro atoms. The van der Waals surface area contributed by atoms with Crippen LogP contribution in [0.2, 0.25) is 0 Å². The van der Waals surface area contributed by atoms with Gasteiger partial charge in [-0.1, -0.05) is 52.3 Å². The highest BCUT2D eigenvalue weighted by Gasteiger charge is 2.32. The van der Waals surface area contributed by atoms with Crippen molar-refractivity contribution >= 4 is 31.9 Å². The number of sulfonamides is 1. The molecule has 7 heteroatoms. The molecule has 1 aliphatic heterocycles. The molecule has 4 rings (SSSR count). The number of carbonyl (C=O) groups is 1. The number of rotatable bonds is 5. The van der Waals surface area contributed by atoms with Crippen LogP contribution < -0.4 is 9.46 Å². The summed E-state index contributed by atoms with van der Waals surface area (Å²) in [6.45, 7) is 2.09. The number of amides is 1. The van der Waals surface area contributed by atoms with E-state index < -0.39 is 15.9 Å². The van der Waals surface area contributed by atoms with Gasteiger partial charge in [-0.2, -0.15) is 0 Å². The molecule has 0 aliphatic carbocycles. The van der Waals surface area contributed by atoms with Gasteiger partial charge in [-0.3, -0.25) is 4.79 Å². The summed E-state index contributed by atoms with van der Waals surface area (Å²) in [7, 11) is -3.97. The van der Waals surface area contributed by atoms with Crippen LogP contribution in [-0.2, 0) is 22.9 Å². The third-order valence-corrected chi connectivity index (χ3v) is 7.18. The molecule has 3 aromatic rings. The van der Waals surface area contributed by atoms with E-state index in [0.29, 0.717) is 4.47 Å². The minimum absolute atomic E-state index is 0.0215. The van der Waals surface area contributed by atoms with E-state index in [-0.39, 0.29) is 16.1 Å². The first-order valence-electron chi connectivity index (χ1n) is 9.93. The Bertz CT molecular complexity index is 1230. The lowest BCUT2D eigenvalue weighted by atomic mass is 9.87. The fraction of sp³-hybridized carbons (Fsp3) is 0.208. The fourth-order valence-electron chi connectivity index (χ4n) is 3.76. The van der Waals surface area contributed by atoms with Crippen molar-refractivity contribution in [2.75, 3.05) is 0 Å². The van der Waals surface area contributed by atoms with Crippen molar-refractivity contribution in [1.82, 2.24) is 4.72 Å². The molecule has 1 heterocycles. The van der Waals surface area contributed by atoms with Gasteiger partial charge in [0.05, 0.1) is 4.90 Å². The maximum absolute atomic E-state index is 12.6. The fourth-order valence-corrected chi connectivity index (χ4v) is 5.33. The van der Waals surface area contributed by atoms with Gasteiger partial charge in [-0.15, -0.1) is 0 Å². The van der Waals surface area contributed by atoms with Crippen molar-refractivity contribution < 1.29 is 17.9 Å². The van der Waals surface area contributed by atoms with Crippen LogP contribution in [0, 0.1) is 0 Å². The second-order valence-corrected chi connectivity index (χ2v) is 10.5. The third-order valence-electron chi connectivity index (χ3n) is 5.36. The van der Waals surface area contributed by atoms with E-state index in [4.69, 9.17) is 4.74 Å². The van der Waals surface area contributed by atoms with Crippen LogP contribution in [0.3, 0.4) is 0 Å². The van der Waals surface area contributed by atoms with Gasteiger partial charge in [0.15, 0.2) is 0 Å². The molecular formula is C24H22BrNO4S. The Kier molecular flexibility index (Phi) is 5.90. The predicted octanol–water partition coefficient (Wildman–Crippen LogP) is 4.89. The summed E-state index contributed by atoms with van der Waals surface area (Å²) in [5.74, 6) is 0.0662. The Labute approximate surface area is 190 Å². The number of halogens is 1. The lowest BCUT2D eigenvalue weighted by Crippen LogP contribution is -2.38. The standard InChI is InChI=1S/C24H22BrNO4S/c1-24(16-17-6-3-2-4-7-17)13-12-18-14-19(10-11-22(18)30-24)23(27)26-31(28,29)21-9-5-8-20(25)15-21/h2-11,14-15H,12-13,16H2,1H3,(H,26,27). The second-order valence-electron chi connectivity index (χ2n) is 7.93. The topological polar surface area (TPSA) is 72.5 Å². The summed E-state index contributed by atoms with van der Waals surface area (Å²) >= 11 is 3.25. The highest BCUT2D eigenvalue weighted by molar-refractivity contribution is 9.10. The Morgan fingerprint density at radius 3 is 2.58 bits per heavy atom. The lowest BCUT2D eigenvalue weighted by molar-refractivity contribution is 0.0654. The summed E-state index contributed by atoms with van der Waals surface area (Å²) in [5.41, 5.74) is 2.06. The van der Waals surface area contributed by atoms with Crippen LogP contribution in [0.15, 0.2) is 82.2 Å². The van der Waals surface area contributed by atoms with E-state index in [0.717, 1.165) is 30.6 Å². The van der Waals surface area contributed by atoms with Gasteiger partial charge in [0.2, 0.25) is 0 Å². The maximum atomic E-state index is 12.6. The van der Waals surface area contributed by atoms with Gasteiger partial charge in [0, 0.05) is 16.5 Å². The van der Waals surface area contributed by atoms with Gasteiger partial charge in [-0.05, 0) is 67.3 Å². The van der Waals surface area contributed by atoms with Crippen molar-refractivity contribution in [3.63, 3.8) is 0 Å². The van der Waals surface area contributed by atoms with Gasteiger partial charge >= 0.3 is 0 Å². The molecule has 0 saturated heterocycles. The number of hydrogen-bond donors (Lipinski definition) is 1. The first-order chi connectivity index (χ1) is 14.7. The lowest BCUT2D eigenvalue weighted by Gasteiger charge is -2.36. The molecule has 1 amide bonds. The van der Waals surface area contributed by atoms with E-state index in [1.54, 1.807) is 30.3 Å². The quantitative estimate of drug-likeness (QED) is 0.542. The SMILES string of the molecule is CC1(Cc2ccccc2)CCc2cc(C(=O)NS(=O)(=O)c3cccc(Br)c3)ccc2O1. The highest BCUT2D eigenvalue weighted by atomic mass is 79.9. The van der Waals surface area contributed by atoms with E-state index in [2.05, 4.69) is 39.7 Å². The van der Waals surface area contributed by atoms with Crippen molar-refractivity contribution in [1.29, 1.82) is 0 Å². The molecule has 31 heavy (non-hydrogen) atoms. The number of carbonyl (C=O) groups excluding carboxylic acids is 1. The van der Waals surface area contributed by atoms with Crippen LogP contribution in [0.25, 0.3) is 0 Å². The van der Waals surface area contributed by atoms with Gasteiger partial charge in [0.1, 0.15) is 11.4 Å². The summed E-state index contributed by atoms with van der Waals surface area (Å²) < 4.78 is 34.1. The molecule has 3 aromatic carbocycles. The van der Waals surface area contributed by atoms with Gasteiger partial charge in [-0.25, -0.2) is 13.1 Å². The van der Waals surface area contributed by atoms with Crippen molar-refractivity contribution in [2.45, 2.75) is 36.7 Å². The number of fused-ring (bicyclic) bond motifs is 1. The number of hydrogen-bond acceptors (Lipinski definition) is 4. The summed E-state index contributed by atoms with van der Waals surface area (Å²) in [6, 6.07) is 21.5. The molecule has 160 valence electrons. The highest BCUT2D eigenvalue weighted by Crippen LogP contribution is 2.35. The number of ether oxygens (including phenoxy) is 1. The van der Waals surface area contributed by atoms with E-state index in [1.165, 1.54) is 17.7 Å². The normalized spacial score (nSPS) is 18.0. The first-order valence-corrected chi connectivity index (χ1v) is 12.2. The number of benzene rings is 3. The largest absolute Gasteiger partial charge is 0.487 e. The van der Waals surface area contributed by atoms with Crippen molar-refractivity contribution in [2.24, 2.45) is 0 Å². The van der Waals surface area contributed by atoms with Gasteiger partial charge in [0.25, 0.3) is 15.9 Å². The maximum Gasteiger partial charge on any atom is 0.265 e. The number of nitrogens with one attached hydrogen (secondary N) is 1. The van der Waals surface area contributed by atoms with E-state index >= 15 is 0 Å². The first kappa shape index (κ1) is 21.6. The third kappa shape index (κ3) is 4.99. The minimum atomic E-state index is -3.97. The molecule has 5 nitrogen and oxygen atoms in total. The monoisotopic (exact) mass is 499 g/mol. The average Bonchev–Trinajstić information content (AvgIpc) is 2.73. The molecule has 0 bridgehead atoms. The molecule has 1 aliphatic rings. The summed E-state index contributed by atoms with van der Waals surface area (Å²) in [4.78, 5) is 12.7. The average molecular weight is 500 g/mol. The Hall–Kier alpha value is -2.64. The molecule has 0 radical (unpaired) electrons. The van der Waals surface area contributed by atoms with Crippen LogP contribution >= 0.6 is 15.9 Å². The van der Waals surface area contributed by atoms with Crippen LogP contribution in [0.1, 0.15) is 34.8 Å². The van der Waals surface area contributed by atoms with Gasteiger partial charge < -0.3 is 4.74 Å². The molecule has 0 saturated carbocycles. The summed E-state index contributed by atoms with van der Waals surface area (Å²) in [6.07, 6.45) is 2.34. The molecule has 1 atom stereocenters. The van der Waals surface area contributed by atoms with Crippen molar-refractivity contribution in [3.05, 3.63) is 94.0 Å². The van der Waals surface area contributed by atoms with Crippen LogP contribution in [0.5, 0.6) is 5.75 Å². The smallest absolute Gasteiger partial charge is 0.265 e. The zero-order valence-corrected chi connectivity index (χ0v) is 19.4. The molecular weight excluding hydrogens is 478 g/mol. The molecule has 1 unspecified atom stereocenters. The Balaban J connectivity index is 1.50. The number of aryl methyl sites for hydroxylation is 1. The van der Waals surface area contributed by atoms with Crippen LogP contribution in [-0.4, -0.2) is 19.9 Å². The Morgan fingerprint density at radius 1 is 1.06 bits per heavy atom. The van der Waals surface area contributed by atoms with E-state index in [9.17, 15) is 13.2 Å². The van der Waals surface area contributed by atoms with Crippen molar-refractivity contribution in [3.8, 4) is 5.75 Å². The second kappa shape index (κ2) is 8.48. The predicted molar refractivity (Wildman–Crippen MR) is 123 cm³/mol. The molecule has 0 fully saturated rings. The minimum Gasteiger partial charge on any atom is -0.487 e.